The molecule has 0 aliphatic rings. The number of carboxylic acids is 1. The summed E-state index contributed by atoms with van der Waals surface area (Å²) in [5, 5.41) is 12.9. The number of aromatic nitrogens is 1. The molecule has 0 saturated carbocycles. The lowest BCUT2D eigenvalue weighted by Crippen LogP contribution is -2.45. The summed E-state index contributed by atoms with van der Waals surface area (Å²) < 4.78 is 19.5. The molecular formula is C24H25ClFN3O4. The molecule has 0 unspecified atom stereocenters. The average molecular weight is 474 g/mol. The van der Waals surface area contributed by atoms with Gasteiger partial charge in [0.15, 0.2) is 0 Å². The van der Waals surface area contributed by atoms with Gasteiger partial charge >= 0.3 is 11.9 Å². The standard InChI is InChI=1S/C24H25ClFN3O4/c1-14-12-28-22(33-14)21(30)29-18(11-24(2,13-27)23(31)32)9-15-3-5-16(6-4-15)19-10-17(25)7-8-20(19)26/h3-8,10,12,18H,9,11,13,27H2,1-2H3,(H,29,30)(H,31,32)/t18-,24+/m1/s1. The molecule has 174 valence electrons. The molecular weight excluding hydrogens is 449 g/mol. The summed E-state index contributed by atoms with van der Waals surface area (Å²) in [6.07, 6.45) is 1.85. The number of amides is 1. The van der Waals surface area contributed by atoms with Crippen LogP contribution in [0.2, 0.25) is 5.02 Å². The van der Waals surface area contributed by atoms with E-state index in [2.05, 4.69) is 10.3 Å². The molecule has 33 heavy (non-hydrogen) atoms. The van der Waals surface area contributed by atoms with Gasteiger partial charge in [-0.25, -0.2) is 9.37 Å². The van der Waals surface area contributed by atoms with E-state index in [1.54, 1.807) is 37.3 Å². The molecule has 0 saturated heterocycles. The number of benzene rings is 2. The fraction of sp³-hybridized carbons (Fsp3) is 0.292. The fourth-order valence-corrected chi connectivity index (χ4v) is 3.68. The van der Waals surface area contributed by atoms with Crippen LogP contribution in [0.15, 0.2) is 53.1 Å². The lowest BCUT2D eigenvalue weighted by atomic mass is 9.82. The number of carboxylic acid groups (broad SMARTS) is 1. The monoisotopic (exact) mass is 473 g/mol. The third-order valence-electron chi connectivity index (χ3n) is 5.49. The zero-order valence-corrected chi connectivity index (χ0v) is 19.0. The van der Waals surface area contributed by atoms with Crippen LogP contribution in [0.5, 0.6) is 0 Å². The van der Waals surface area contributed by atoms with Crippen molar-refractivity contribution in [1.29, 1.82) is 0 Å². The predicted octanol–water partition coefficient (Wildman–Crippen LogP) is 4.22. The average Bonchev–Trinajstić information content (AvgIpc) is 3.22. The molecule has 2 atom stereocenters. The van der Waals surface area contributed by atoms with Crippen molar-refractivity contribution in [2.45, 2.75) is 32.7 Å². The second kappa shape index (κ2) is 10.1. The summed E-state index contributed by atoms with van der Waals surface area (Å²) >= 11 is 5.99. The number of hydrogen-bond acceptors (Lipinski definition) is 5. The highest BCUT2D eigenvalue weighted by atomic mass is 35.5. The molecule has 0 aliphatic heterocycles. The first-order valence-corrected chi connectivity index (χ1v) is 10.7. The number of carbonyl (C=O) groups excluding carboxylic acids is 1. The zero-order valence-electron chi connectivity index (χ0n) is 18.3. The van der Waals surface area contributed by atoms with Gasteiger partial charge in [-0.05, 0) is 56.0 Å². The summed E-state index contributed by atoms with van der Waals surface area (Å²) in [6.45, 7) is 3.11. The van der Waals surface area contributed by atoms with Crippen LogP contribution in [-0.4, -0.2) is 34.6 Å². The maximum absolute atomic E-state index is 14.2. The highest BCUT2D eigenvalue weighted by molar-refractivity contribution is 6.30. The molecule has 1 aromatic heterocycles. The third kappa shape index (κ3) is 5.97. The summed E-state index contributed by atoms with van der Waals surface area (Å²) in [5.41, 5.74) is 6.33. The van der Waals surface area contributed by atoms with Gasteiger partial charge in [-0.15, -0.1) is 0 Å². The molecule has 0 aliphatic carbocycles. The minimum atomic E-state index is -1.24. The number of aryl methyl sites for hydroxylation is 1. The number of halogens is 2. The number of hydrogen-bond donors (Lipinski definition) is 3. The number of nitrogens with two attached hydrogens (primary N) is 1. The van der Waals surface area contributed by atoms with E-state index in [9.17, 15) is 19.1 Å². The normalized spacial score (nSPS) is 13.8. The van der Waals surface area contributed by atoms with Crippen molar-refractivity contribution in [2.75, 3.05) is 6.54 Å². The summed E-state index contributed by atoms with van der Waals surface area (Å²) in [6, 6.07) is 10.9. The van der Waals surface area contributed by atoms with Crippen LogP contribution in [-0.2, 0) is 11.2 Å². The number of rotatable bonds is 9. The van der Waals surface area contributed by atoms with E-state index >= 15 is 0 Å². The SMILES string of the molecule is Cc1cnc(C(=O)N[C@H](Cc2ccc(-c3cc(Cl)ccc3F)cc2)C[C@@](C)(CN)C(=O)O)o1. The Morgan fingerprint density at radius 3 is 2.55 bits per heavy atom. The van der Waals surface area contributed by atoms with Crippen LogP contribution in [0.25, 0.3) is 11.1 Å². The molecule has 0 bridgehead atoms. The second-order valence-corrected chi connectivity index (χ2v) is 8.68. The lowest BCUT2D eigenvalue weighted by Gasteiger charge is -2.29. The Kier molecular flexibility index (Phi) is 7.50. The van der Waals surface area contributed by atoms with Crippen molar-refractivity contribution in [3.05, 3.63) is 76.7 Å². The Labute approximate surface area is 195 Å². The van der Waals surface area contributed by atoms with E-state index < -0.39 is 29.2 Å². The lowest BCUT2D eigenvalue weighted by molar-refractivity contribution is -0.148. The quantitative estimate of drug-likeness (QED) is 0.428. The third-order valence-corrected chi connectivity index (χ3v) is 5.73. The molecule has 0 fully saturated rings. The van der Waals surface area contributed by atoms with Gasteiger partial charge in [0.2, 0.25) is 0 Å². The minimum absolute atomic E-state index is 0.0922. The molecule has 3 aromatic rings. The number of aliphatic carboxylic acids is 1. The molecule has 7 nitrogen and oxygen atoms in total. The van der Waals surface area contributed by atoms with E-state index in [0.29, 0.717) is 28.3 Å². The molecule has 0 spiro atoms. The van der Waals surface area contributed by atoms with Crippen LogP contribution in [0, 0.1) is 18.2 Å². The van der Waals surface area contributed by atoms with E-state index in [-0.39, 0.29) is 18.9 Å². The van der Waals surface area contributed by atoms with Crippen molar-refractivity contribution in [2.24, 2.45) is 11.1 Å². The minimum Gasteiger partial charge on any atom is -0.481 e. The van der Waals surface area contributed by atoms with Gasteiger partial charge in [0, 0.05) is 23.2 Å². The molecule has 4 N–H and O–H groups in total. The highest BCUT2D eigenvalue weighted by Crippen LogP contribution is 2.28. The first-order valence-electron chi connectivity index (χ1n) is 10.3. The molecule has 9 heteroatoms. The Morgan fingerprint density at radius 1 is 1.27 bits per heavy atom. The topological polar surface area (TPSA) is 118 Å². The van der Waals surface area contributed by atoms with Gasteiger partial charge in [-0.2, -0.15) is 0 Å². The van der Waals surface area contributed by atoms with Crippen LogP contribution in [0.3, 0.4) is 0 Å². The largest absolute Gasteiger partial charge is 0.481 e. The Balaban J connectivity index is 1.83. The van der Waals surface area contributed by atoms with Crippen LogP contribution >= 0.6 is 11.6 Å². The Hall–Kier alpha value is -3.23. The van der Waals surface area contributed by atoms with Crippen molar-refractivity contribution in [1.82, 2.24) is 10.3 Å². The summed E-state index contributed by atoms with van der Waals surface area (Å²) in [7, 11) is 0. The summed E-state index contributed by atoms with van der Waals surface area (Å²) in [4.78, 5) is 28.3. The van der Waals surface area contributed by atoms with E-state index in [0.717, 1.165) is 5.56 Å². The number of carbonyl (C=O) groups is 2. The molecule has 0 radical (unpaired) electrons. The first-order chi connectivity index (χ1) is 15.6. The van der Waals surface area contributed by atoms with Crippen LogP contribution < -0.4 is 11.1 Å². The van der Waals surface area contributed by atoms with Crippen molar-refractivity contribution >= 4 is 23.5 Å². The van der Waals surface area contributed by atoms with E-state index in [1.165, 1.54) is 25.3 Å². The molecule has 2 aromatic carbocycles. The smallest absolute Gasteiger partial charge is 0.310 e. The van der Waals surface area contributed by atoms with Crippen molar-refractivity contribution in [3.8, 4) is 11.1 Å². The molecule has 1 heterocycles. The van der Waals surface area contributed by atoms with Gasteiger partial charge in [-0.1, -0.05) is 35.9 Å². The van der Waals surface area contributed by atoms with Crippen LogP contribution in [0.4, 0.5) is 4.39 Å². The Bertz CT molecular complexity index is 1150. The van der Waals surface area contributed by atoms with Crippen LogP contribution in [0.1, 0.15) is 35.4 Å². The maximum atomic E-state index is 14.2. The van der Waals surface area contributed by atoms with Gasteiger partial charge in [0.05, 0.1) is 11.6 Å². The zero-order chi connectivity index (χ0) is 24.2. The number of nitrogens with one attached hydrogen (secondary N) is 1. The van der Waals surface area contributed by atoms with Crippen molar-refractivity contribution in [3.63, 3.8) is 0 Å². The number of oxazole rings is 1. The van der Waals surface area contributed by atoms with Gasteiger partial charge in [-0.3, -0.25) is 9.59 Å². The maximum Gasteiger partial charge on any atom is 0.310 e. The highest BCUT2D eigenvalue weighted by Gasteiger charge is 2.35. The van der Waals surface area contributed by atoms with Gasteiger partial charge < -0.3 is 20.6 Å². The summed E-state index contributed by atoms with van der Waals surface area (Å²) in [5.74, 6) is -1.61. The first kappa shape index (κ1) is 24.4. The second-order valence-electron chi connectivity index (χ2n) is 8.25. The fourth-order valence-electron chi connectivity index (χ4n) is 3.51. The van der Waals surface area contributed by atoms with Crippen molar-refractivity contribution < 1.29 is 23.5 Å². The molecule has 3 rings (SSSR count). The number of nitrogens with zero attached hydrogens (tertiary/aromatic N) is 1. The van der Waals surface area contributed by atoms with Gasteiger partial charge in [0.1, 0.15) is 11.6 Å². The van der Waals surface area contributed by atoms with E-state index in [4.69, 9.17) is 21.8 Å². The predicted molar refractivity (Wildman–Crippen MR) is 122 cm³/mol. The van der Waals surface area contributed by atoms with E-state index in [1.807, 2.05) is 0 Å². The van der Waals surface area contributed by atoms with Gasteiger partial charge in [0.25, 0.3) is 5.89 Å². The molecule has 1 amide bonds. The Morgan fingerprint density at radius 2 is 1.97 bits per heavy atom.